The quantitative estimate of drug-likeness (QED) is 0.131. The van der Waals surface area contributed by atoms with E-state index in [0.717, 1.165) is 78.5 Å². The van der Waals surface area contributed by atoms with Gasteiger partial charge in [0, 0.05) is 41.8 Å². The van der Waals surface area contributed by atoms with Crippen LogP contribution in [0.2, 0.25) is 0 Å². The number of piperidine rings is 2. The maximum absolute atomic E-state index is 12.7. The number of hydrogen-bond donors (Lipinski definition) is 2. The Morgan fingerprint density at radius 3 is 2.44 bits per heavy atom. The van der Waals surface area contributed by atoms with Gasteiger partial charge >= 0.3 is 6.18 Å². The van der Waals surface area contributed by atoms with Gasteiger partial charge in [-0.05, 0) is 92.9 Å². The molecule has 2 aromatic carbocycles. The second-order valence-electron chi connectivity index (χ2n) is 11.5. The van der Waals surface area contributed by atoms with Gasteiger partial charge in [-0.3, -0.25) is 19.6 Å². The number of anilines is 2. The van der Waals surface area contributed by atoms with Gasteiger partial charge in [0.05, 0.1) is 22.7 Å². The molecule has 236 valence electrons. The molecule has 2 fully saturated rings. The Labute approximate surface area is 263 Å². The number of aryl methyl sites for hydroxylation is 1. The molecule has 2 amide bonds. The number of carbonyl (C=O) groups excluding carboxylic acids is 2. The van der Waals surface area contributed by atoms with Crippen molar-refractivity contribution in [2.45, 2.75) is 55.0 Å². The van der Waals surface area contributed by atoms with Crippen molar-refractivity contribution in [3.63, 3.8) is 0 Å². The zero-order chi connectivity index (χ0) is 31.6. The van der Waals surface area contributed by atoms with Crippen LogP contribution in [0.4, 0.5) is 24.8 Å². The van der Waals surface area contributed by atoms with Crippen LogP contribution in [0.3, 0.4) is 0 Å². The number of thioether (sulfide) groups is 1. The number of nitrogens with zero attached hydrogens (tertiary/aromatic N) is 5. The topological polar surface area (TPSA) is 105 Å². The number of amides is 2. The van der Waals surface area contributed by atoms with E-state index in [4.69, 9.17) is 0 Å². The lowest BCUT2D eigenvalue weighted by Crippen LogP contribution is -2.39. The molecule has 4 heterocycles. The molecule has 45 heavy (non-hydrogen) atoms. The molecule has 2 saturated heterocycles. The van der Waals surface area contributed by atoms with E-state index in [-0.39, 0.29) is 17.8 Å². The predicted octanol–water partition coefficient (Wildman–Crippen LogP) is 6.01. The van der Waals surface area contributed by atoms with Gasteiger partial charge in [0.15, 0.2) is 0 Å². The Kier molecular flexibility index (Phi) is 9.09. The number of fused-ring (bicyclic) bond motifs is 1. The molecule has 1 unspecified atom stereocenters. The maximum Gasteiger partial charge on any atom is 0.419 e. The zero-order valence-electron chi connectivity index (χ0n) is 24.8. The van der Waals surface area contributed by atoms with E-state index in [1.807, 2.05) is 36.0 Å². The van der Waals surface area contributed by atoms with Gasteiger partial charge in [0.1, 0.15) is 0 Å². The fourth-order valence-electron chi connectivity index (χ4n) is 6.04. The summed E-state index contributed by atoms with van der Waals surface area (Å²) >= 11 is 1.78. The average Bonchev–Trinajstić information content (AvgIpc) is 3.35. The molecule has 0 bridgehead atoms. The summed E-state index contributed by atoms with van der Waals surface area (Å²) in [7, 11) is 1.91. The number of benzene rings is 2. The number of likely N-dealkylation sites (tertiary alicyclic amines) is 1. The predicted molar refractivity (Wildman–Crippen MR) is 166 cm³/mol. The van der Waals surface area contributed by atoms with Gasteiger partial charge in [-0.2, -0.15) is 18.3 Å². The van der Waals surface area contributed by atoms with E-state index in [2.05, 4.69) is 48.8 Å². The second-order valence-corrected chi connectivity index (χ2v) is 12.7. The molecular weight excluding hydrogens is 603 g/mol. The van der Waals surface area contributed by atoms with Crippen molar-refractivity contribution in [1.29, 1.82) is 0 Å². The molecule has 2 aliphatic heterocycles. The first-order valence-corrected chi connectivity index (χ1v) is 16.0. The normalized spacial score (nSPS) is 18.4. The summed E-state index contributed by atoms with van der Waals surface area (Å²) in [5, 5.41) is 11.0. The molecule has 0 radical (unpaired) electrons. The van der Waals surface area contributed by atoms with Crippen molar-refractivity contribution < 1.29 is 22.8 Å². The summed E-state index contributed by atoms with van der Waals surface area (Å²) < 4.78 is 39.9. The van der Waals surface area contributed by atoms with E-state index in [9.17, 15) is 22.8 Å². The third-order valence-corrected chi connectivity index (χ3v) is 9.61. The summed E-state index contributed by atoms with van der Waals surface area (Å²) in [6, 6.07) is 14.2. The molecule has 2 aliphatic rings. The van der Waals surface area contributed by atoms with E-state index >= 15 is 0 Å². The number of hydrogen-bond acceptors (Lipinski definition) is 8. The zero-order valence-corrected chi connectivity index (χ0v) is 25.6. The largest absolute Gasteiger partial charge is 0.419 e. The molecule has 13 heteroatoms. The minimum absolute atomic E-state index is 0.114. The van der Waals surface area contributed by atoms with Gasteiger partial charge in [-0.25, -0.2) is 9.97 Å². The van der Waals surface area contributed by atoms with Crippen LogP contribution in [0.1, 0.15) is 60.8 Å². The van der Waals surface area contributed by atoms with Crippen molar-refractivity contribution in [3.05, 3.63) is 71.7 Å². The van der Waals surface area contributed by atoms with Crippen LogP contribution < -0.4 is 10.6 Å². The third-order valence-electron chi connectivity index (χ3n) is 8.51. The molecule has 0 aliphatic carbocycles. The molecule has 9 nitrogen and oxygen atoms in total. The van der Waals surface area contributed by atoms with E-state index in [0.29, 0.717) is 24.4 Å². The minimum Gasteiger partial charge on any atom is -0.324 e. The number of halogens is 3. The Morgan fingerprint density at radius 2 is 1.76 bits per heavy atom. The Morgan fingerprint density at radius 1 is 1.02 bits per heavy atom. The van der Waals surface area contributed by atoms with Crippen LogP contribution in [-0.2, 0) is 22.8 Å². The highest BCUT2D eigenvalue weighted by atomic mass is 32.2. The van der Waals surface area contributed by atoms with Crippen LogP contribution >= 0.6 is 11.8 Å². The van der Waals surface area contributed by atoms with Crippen molar-refractivity contribution in [3.8, 4) is 0 Å². The van der Waals surface area contributed by atoms with E-state index in [1.165, 1.54) is 5.56 Å². The van der Waals surface area contributed by atoms with Crippen LogP contribution in [-0.4, -0.2) is 61.8 Å². The van der Waals surface area contributed by atoms with Crippen molar-refractivity contribution in [1.82, 2.24) is 30.0 Å². The summed E-state index contributed by atoms with van der Waals surface area (Å²) in [5.74, 6) is 0.703. The van der Waals surface area contributed by atoms with Gasteiger partial charge in [0.25, 0.3) is 0 Å². The first-order chi connectivity index (χ1) is 21.6. The highest BCUT2D eigenvalue weighted by molar-refractivity contribution is 7.99. The van der Waals surface area contributed by atoms with Crippen LogP contribution in [0.5, 0.6) is 0 Å². The van der Waals surface area contributed by atoms with Crippen LogP contribution in [0.25, 0.3) is 10.9 Å². The van der Waals surface area contributed by atoms with Crippen LogP contribution in [0.15, 0.2) is 59.8 Å². The molecule has 0 spiro atoms. The summed E-state index contributed by atoms with van der Waals surface area (Å²) in [4.78, 5) is 35.2. The highest BCUT2D eigenvalue weighted by Crippen LogP contribution is 2.35. The monoisotopic (exact) mass is 637 g/mol. The standard InChI is InChI=1S/C32H34F3N7O2S/c1-41-27-17-21(3-8-25(27)29(40-41)26-9-10-28(43)39-30(26)44)20-11-14-42(15-12-20)13-2-16-45-24-6-4-23(5-7-24)38-31-36-18-22(19-37-31)32(33,34)35/h3-8,17-20,26H,2,9-16H2,1H3,(H,36,37,38)(H,39,43,44). The van der Waals surface area contributed by atoms with Gasteiger partial charge in [-0.1, -0.05) is 12.1 Å². The number of nitrogens with one attached hydrogen (secondary N) is 2. The molecule has 1 atom stereocenters. The lowest BCUT2D eigenvalue weighted by atomic mass is 9.88. The fraction of sp³-hybridized carbons (Fsp3) is 0.406. The maximum atomic E-state index is 12.7. The molecule has 6 rings (SSSR count). The first-order valence-electron chi connectivity index (χ1n) is 15.1. The minimum atomic E-state index is -4.46. The summed E-state index contributed by atoms with van der Waals surface area (Å²) in [5.41, 5.74) is 2.90. The Balaban J connectivity index is 0.942. The second kappa shape index (κ2) is 13.2. The molecule has 2 N–H and O–H groups in total. The summed E-state index contributed by atoms with van der Waals surface area (Å²) in [6.07, 6.45) is 1.15. The number of alkyl halides is 3. The molecule has 4 aromatic rings. The van der Waals surface area contributed by atoms with E-state index < -0.39 is 17.7 Å². The van der Waals surface area contributed by atoms with Gasteiger partial charge in [0.2, 0.25) is 17.8 Å². The first kappa shape index (κ1) is 31.0. The number of carbonyl (C=O) groups is 2. The van der Waals surface area contributed by atoms with Crippen LogP contribution in [0, 0.1) is 0 Å². The third kappa shape index (κ3) is 7.30. The Hall–Kier alpha value is -3.97. The average molecular weight is 638 g/mol. The lowest BCUT2D eigenvalue weighted by Gasteiger charge is -2.32. The lowest BCUT2D eigenvalue weighted by molar-refractivity contribution is -0.138. The number of rotatable bonds is 9. The number of imide groups is 1. The SMILES string of the molecule is Cn1nc(C2CCC(=O)NC2=O)c2ccc(C3CCN(CCCSc4ccc(Nc5ncc(C(F)(F)F)cn5)cc4)CC3)cc21. The highest BCUT2D eigenvalue weighted by Gasteiger charge is 2.32. The van der Waals surface area contributed by atoms with E-state index in [1.54, 1.807) is 11.8 Å². The smallest absolute Gasteiger partial charge is 0.324 e. The Bertz CT molecular complexity index is 1670. The van der Waals surface area contributed by atoms with Crippen molar-refractivity contribution >= 4 is 46.1 Å². The number of aromatic nitrogens is 4. The molecule has 0 saturated carbocycles. The van der Waals surface area contributed by atoms with Gasteiger partial charge < -0.3 is 10.2 Å². The molecule has 2 aromatic heterocycles. The van der Waals surface area contributed by atoms with Crippen molar-refractivity contribution in [2.24, 2.45) is 7.05 Å². The summed E-state index contributed by atoms with van der Waals surface area (Å²) in [6.45, 7) is 3.14. The molecular formula is C32H34F3N7O2S. The van der Waals surface area contributed by atoms with Crippen molar-refractivity contribution in [2.75, 3.05) is 30.7 Å². The fourth-order valence-corrected chi connectivity index (χ4v) is 6.88. The van der Waals surface area contributed by atoms with Gasteiger partial charge in [-0.15, -0.1) is 11.8 Å².